The average Bonchev–Trinajstić information content (AvgIpc) is 3.01. The third kappa shape index (κ3) is 2.48. The Balaban J connectivity index is 1.78. The Labute approximate surface area is 119 Å². The molecule has 2 heterocycles. The molecule has 0 radical (unpaired) electrons. The molecule has 3 heteroatoms. The van der Waals surface area contributed by atoms with Gasteiger partial charge in [0, 0.05) is 36.2 Å². The molecule has 0 aliphatic carbocycles. The van der Waals surface area contributed by atoms with E-state index in [1.807, 2.05) is 58.3 Å². The number of nitrogens with zero attached hydrogens (tertiary/aromatic N) is 2. The van der Waals surface area contributed by atoms with E-state index in [9.17, 15) is 4.79 Å². The van der Waals surface area contributed by atoms with Crippen molar-refractivity contribution < 1.29 is 4.79 Å². The van der Waals surface area contributed by atoms with Crippen LogP contribution in [0.15, 0.2) is 48.8 Å². The number of hydrogen-bond donors (Lipinski definition) is 0. The van der Waals surface area contributed by atoms with Gasteiger partial charge in [-0.05, 0) is 62.6 Å². The fourth-order valence-corrected chi connectivity index (χ4v) is 2.85. The van der Waals surface area contributed by atoms with Crippen molar-refractivity contribution in [2.24, 2.45) is 0 Å². The van der Waals surface area contributed by atoms with Gasteiger partial charge in [0.05, 0.1) is 0 Å². The van der Waals surface area contributed by atoms with Crippen LogP contribution in [0.5, 0.6) is 0 Å². The van der Waals surface area contributed by atoms with E-state index in [-0.39, 0.29) is 5.91 Å². The molecule has 1 saturated heterocycles. The molecule has 1 aliphatic rings. The Hall–Kier alpha value is -2.03. The molecule has 1 aromatic carbocycles. The van der Waals surface area contributed by atoms with Crippen LogP contribution in [0.4, 0.5) is 0 Å². The van der Waals surface area contributed by atoms with Gasteiger partial charge < -0.3 is 9.47 Å². The number of amides is 1. The Morgan fingerprint density at radius 3 is 2.45 bits per heavy atom. The molecule has 1 fully saturated rings. The standard InChI is InChI=1S/C17H20N2O/c1-14-6-2-3-13-19(14)17(20)15-7-9-16(10-8-15)18-11-4-5-12-18/h4-5,7-12,14H,2-3,6,13H2,1H3. The van der Waals surface area contributed by atoms with Gasteiger partial charge in [0.2, 0.25) is 0 Å². The number of aromatic nitrogens is 1. The summed E-state index contributed by atoms with van der Waals surface area (Å²) in [6.07, 6.45) is 7.48. The Kier molecular flexibility index (Phi) is 3.59. The lowest BCUT2D eigenvalue weighted by Gasteiger charge is -2.33. The summed E-state index contributed by atoms with van der Waals surface area (Å²) < 4.78 is 2.04. The van der Waals surface area contributed by atoms with Gasteiger partial charge in [-0.3, -0.25) is 4.79 Å². The summed E-state index contributed by atoms with van der Waals surface area (Å²) in [6.45, 7) is 3.03. The number of benzene rings is 1. The number of carbonyl (C=O) groups excluding carboxylic acids is 1. The van der Waals surface area contributed by atoms with Crippen LogP contribution in [-0.4, -0.2) is 28.0 Å². The van der Waals surface area contributed by atoms with Crippen LogP contribution in [0.1, 0.15) is 36.5 Å². The molecule has 3 nitrogen and oxygen atoms in total. The lowest BCUT2D eigenvalue weighted by Crippen LogP contribution is -2.42. The second-order valence-electron chi connectivity index (χ2n) is 5.48. The molecule has 0 N–H and O–H groups in total. The van der Waals surface area contributed by atoms with Gasteiger partial charge in [-0.2, -0.15) is 0 Å². The van der Waals surface area contributed by atoms with Crippen LogP contribution in [-0.2, 0) is 0 Å². The van der Waals surface area contributed by atoms with Crippen LogP contribution in [0, 0.1) is 0 Å². The summed E-state index contributed by atoms with van der Waals surface area (Å²) in [5.41, 5.74) is 1.87. The topological polar surface area (TPSA) is 25.2 Å². The van der Waals surface area contributed by atoms with Crippen LogP contribution < -0.4 is 0 Å². The molecule has 1 aromatic heterocycles. The molecule has 0 spiro atoms. The predicted octanol–water partition coefficient (Wildman–Crippen LogP) is 3.49. The first kappa shape index (κ1) is 13.0. The third-order valence-corrected chi connectivity index (χ3v) is 4.08. The molecule has 2 aromatic rings. The van der Waals surface area contributed by atoms with Crippen LogP contribution in [0.25, 0.3) is 5.69 Å². The summed E-state index contributed by atoms with van der Waals surface area (Å²) in [6, 6.07) is 12.2. The maximum atomic E-state index is 12.5. The van der Waals surface area contributed by atoms with E-state index in [1.54, 1.807) is 0 Å². The largest absolute Gasteiger partial charge is 0.336 e. The first-order chi connectivity index (χ1) is 9.75. The quantitative estimate of drug-likeness (QED) is 0.818. The number of piperidine rings is 1. The van der Waals surface area contributed by atoms with Gasteiger partial charge in [0.25, 0.3) is 5.91 Å². The van der Waals surface area contributed by atoms with Crippen molar-refractivity contribution in [3.8, 4) is 5.69 Å². The summed E-state index contributed by atoms with van der Waals surface area (Å²) in [4.78, 5) is 14.5. The van der Waals surface area contributed by atoms with Crippen molar-refractivity contribution in [2.45, 2.75) is 32.2 Å². The summed E-state index contributed by atoms with van der Waals surface area (Å²) in [7, 11) is 0. The molecule has 1 amide bonds. The number of hydrogen-bond acceptors (Lipinski definition) is 1. The van der Waals surface area contributed by atoms with E-state index in [1.165, 1.54) is 6.42 Å². The fraction of sp³-hybridized carbons (Fsp3) is 0.353. The zero-order valence-corrected chi connectivity index (χ0v) is 11.8. The van der Waals surface area contributed by atoms with Crippen molar-refractivity contribution in [3.63, 3.8) is 0 Å². The monoisotopic (exact) mass is 268 g/mol. The zero-order chi connectivity index (χ0) is 13.9. The smallest absolute Gasteiger partial charge is 0.254 e. The van der Waals surface area contributed by atoms with E-state index in [0.29, 0.717) is 6.04 Å². The maximum Gasteiger partial charge on any atom is 0.254 e. The van der Waals surface area contributed by atoms with Crippen molar-refractivity contribution in [1.82, 2.24) is 9.47 Å². The molecule has 104 valence electrons. The molecule has 20 heavy (non-hydrogen) atoms. The van der Waals surface area contributed by atoms with Gasteiger partial charge in [-0.15, -0.1) is 0 Å². The highest BCUT2D eigenvalue weighted by atomic mass is 16.2. The fourth-order valence-electron chi connectivity index (χ4n) is 2.85. The van der Waals surface area contributed by atoms with Crippen LogP contribution in [0.3, 0.4) is 0 Å². The number of carbonyl (C=O) groups is 1. The SMILES string of the molecule is CC1CCCCN1C(=O)c1ccc(-n2cccc2)cc1. The van der Waals surface area contributed by atoms with Gasteiger partial charge in [0.1, 0.15) is 0 Å². The zero-order valence-electron chi connectivity index (χ0n) is 11.8. The van der Waals surface area contributed by atoms with Crippen LogP contribution in [0.2, 0.25) is 0 Å². The minimum absolute atomic E-state index is 0.163. The van der Waals surface area contributed by atoms with E-state index in [4.69, 9.17) is 0 Å². The van der Waals surface area contributed by atoms with Gasteiger partial charge in [-0.1, -0.05) is 0 Å². The molecule has 1 atom stereocenters. The Bertz CT molecular complexity index is 572. The van der Waals surface area contributed by atoms with E-state index >= 15 is 0 Å². The van der Waals surface area contributed by atoms with Crippen molar-refractivity contribution >= 4 is 5.91 Å². The van der Waals surface area contributed by atoms with E-state index in [0.717, 1.165) is 30.6 Å². The number of likely N-dealkylation sites (tertiary alicyclic amines) is 1. The second-order valence-corrected chi connectivity index (χ2v) is 5.48. The maximum absolute atomic E-state index is 12.5. The average molecular weight is 268 g/mol. The normalized spacial score (nSPS) is 19.1. The molecule has 1 aliphatic heterocycles. The molecular formula is C17H20N2O. The first-order valence-corrected chi connectivity index (χ1v) is 7.30. The van der Waals surface area contributed by atoms with Gasteiger partial charge in [-0.25, -0.2) is 0 Å². The molecule has 3 rings (SSSR count). The minimum atomic E-state index is 0.163. The lowest BCUT2D eigenvalue weighted by atomic mass is 10.0. The van der Waals surface area contributed by atoms with Crippen molar-refractivity contribution in [3.05, 3.63) is 54.4 Å². The van der Waals surface area contributed by atoms with Crippen LogP contribution >= 0.6 is 0 Å². The summed E-state index contributed by atoms with van der Waals surface area (Å²) in [5.74, 6) is 0.163. The highest BCUT2D eigenvalue weighted by molar-refractivity contribution is 5.94. The lowest BCUT2D eigenvalue weighted by molar-refractivity contribution is 0.0635. The predicted molar refractivity (Wildman–Crippen MR) is 80.1 cm³/mol. The summed E-state index contributed by atoms with van der Waals surface area (Å²) >= 11 is 0. The highest BCUT2D eigenvalue weighted by Gasteiger charge is 2.23. The Morgan fingerprint density at radius 2 is 1.80 bits per heavy atom. The molecule has 1 unspecified atom stereocenters. The van der Waals surface area contributed by atoms with Crippen molar-refractivity contribution in [1.29, 1.82) is 0 Å². The molecule has 0 saturated carbocycles. The first-order valence-electron chi connectivity index (χ1n) is 7.30. The van der Waals surface area contributed by atoms with Gasteiger partial charge >= 0.3 is 0 Å². The number of rotatable bonds is 2. The van der Waals surface area contributed by atoms with Gasteiger partial charge in [0.15, 0.2) is 0 Å². The highest BCUT2D eigenvalue weighted by Crippen LogP contribution is 2.20. The third-order valence-electron chi connectivity index (χ3n) is 4.08. The molecular weight excluding hydrogens is 248 g/mol. The second kappa shape index (κ2) is 5.53. The van der Waals surface area contributed by atoms with E-state index < -0.39 is 0 Å². The van der Waals surface area contributed by atoms with Crippen molar-refractivity contribution in [2.75, 3.05) is 6.54 Å². The Morgan fingerprint density at radius 1 is 1.10 bits per heavy atom. The molecule has 0 bridgehead atoms. The minimum Gasteiger partial charge on any atom is -0.336 e. The summed E-state index contributed by atoms with van der Waals surface area (Å²) in [5, 5.41) is 0. The van der Waals surface area contributed by atoms with E-state index in [2.05, 4.69) is 6.92 Å².